The van der Waals surface area contributed by atoms with Crippen LogP contribution in [0.2, 0.25) is 0 Å². The Morgan fingerprint density at radius 2 is 2.30 bits per heavy atom. The Bertz CT molecular complexity index is 851. The summed E-state index contributed by atoms with van der Waals surface area (Å²) in [5.74, 6) is 0.146. The lowest BCUT2D eigenvalue weighted by atomic mass is 10.0. The molecule has 0 spiro atoms. The number of carbonyl (C=O) groups excluding carboxylic acids is 1. The molecule has 1 aliphatic heterocycles. The second kappa shape index (κ2) is 5.49. The number of amides is 1. The maximum atomic E-state index is 12.5. The quantitative estimate of drug-likeness (QED) is 0.794. The number of aromatic amines is 1. The molecule has 4 rings (SSSR count). The van der Waals surface area contributed by atoms with Crippen molar-refractivity contribution in [3.05, 3.63) is 41.3 Å². The lowest BCUT2D eigenvalue weighted by Gasteiger charge is -2.27. The van der Waals surface area contributed by atoms with E-state index in [1.807, 2.05) is 4.90 Å². The molecule has 118 valence electrons. The van der Waals surface area contributed by atoms with Crippen LogP contribution in [0.4, 0.5) is 0 Å². The molecule has 0 saturated carbocycles. The van der Waals surface area contributed by atoms with E-state index in [1.54, 1.807) is 4.68 Å². The first-order valence-electron chi connectivity index (χ1n) is 7.80. The van der Waals surface area contributed by atoms with Crippen LogP contribution in [0, 0.1) is 6.92 Å². The fourth-order valence-electron chi connectivity index (χ4n) is 3.25. The summed E-state index contributed by atoms with van der Waals surface area (Å²) in [6.07, 6.45) is 2.83. The van der Waals surface area contributed by atoms with Crippen molar-refractivity contribution >= 4 is 16.8 Å². The van der Waals surface area contributed by atoms with Gasteiger partial charge in [-0.25, -0.2) is 4.68 Å². The second-order valence-corrected chi connectivity index (χ2v) is 5.97. The summed E-state index contributed by atoms with van der Waals surface area (Å²) >= 11 is 0. The first kappa shape index (κ1) is 13.9. The normalized spacial score (nSPS) is 14.2. The van der Waals surface area contributed by atoms with Gasteiger partial charge in [-0.1, -0.05) is 18.2 Å². The third-order valence-corrected chi connectivity index (χ3v) is 4.52. The highest BCUT2D eigenvalue weighted by molar-refractivity contribution is 5.88. The van der Waals surface area contributed by atoms with Crippen LogP contribution in [0.25, 0.3) is 10.9 Å². The number of benzene rings is 1. The largest absolute Gasteiger partial charge is 0.358 e. The Hall–Kier alpha value is -2.70. The minimum atomic E-state index is 0.146. The predicted molar refractivity (Wildman–Crippen MR) is 84.6 cm³/mol. The van der Waals surface area contributed by atoms with Crippen molar-refractivity contribution in [1.82, 2.24) is 30.1 Å². The van der Waals surface area contributed by atoms with E-state index in [-0.39, 0.29) is 5.91 Å². The summed E-state index contributed by atoms with van der Waals surface area (Å²) in [4.78, 5) is 17.9. The van der Waals surface area contributed by atoms with E-state index in [0.717, 1.165) is 13.0 Å². The van der Waals surface area contributed by atoms with Crippen molar-refractivity contribution in [2.75, 3.05) is 6.54 Å². The summed E-state index contributed by atoms with van der Waals surface area (Å²) in [6.45, 7) is 4.06. The van der Waals surface area contributed by atoms with E-state index in [0.29, 0.717) is 19.5 Å². The highest BCUT2D eigenvalue weighted by Gasteiger charge is 2.24. The van der Waals surface area contributed by atoms with Crippen LogP contribution in [0.3, 0.4) is 0 Å². The number of carbonyl (C=O) groups is 1. The molecule has 0 radical (unpaired) electrons. The predicted octanol–water partition coefficient (Wildman–Crippen LogP) is 1.44. The Kier molecular flexibility index (Phi) is 3.33. The molecular formula is C16H18N6O. The fraction of sp³-hybridized carbons (Fsp3) is 0.375. The summed E-state index contributed by atoms with van der Waals surface area (Å²) < 4.78 is 1.59. The zero-order chi connectivity index (χ0) is 15.8. The summed E-state index contributed by atoms with van der Waals surface area (Å²) in [6, 6.07) is 6.32. The van der Waals surface area contributed by atoms with Crippen molar-refractivity contribution in [3.8, 4) is 0 Å². The molecule has 0 saturated heterocycles. The number of aryl methyl sites for hydroxylation is 2. The van der Waals surface area contributed by atoms with Crippen molar-refractivity contribution in [2.45, 2.75) is 32.9 Å². The molecule has 23 heavy (non-hydrogen) atoms. The lowest BCUT2D eigenvalue weighted by molar-refractivity contribution is -0.132. The Morgan fingerprint density at radius 3 is 3.13 bits per heavy atom. The van der Waals surface area contributed by atoms with E-state index in [1.165, 1.54) is 34.1 Å². The molecule has 7 nitrogen and oxygen atoms in total. The van der Waals surface area contributed by atoms with Crippen LogP contribution >= 0.6 is 0 Å². The number of nitrogens with zero attached hydrogens (tertiary/aromatic N) is 5. The summed E-state index contributed by atoms with van der Waals surface area (Å²) in [5, 5.41) is 12.2. The summed E-state index contributed by atoms with van der Waals surface area (Å²) in [7, 11) is 0. The monoisotopic (exact) mass is 310 g/mol. The van der Waals surface area contributed by atoms with Gasteiger partial charge < -0.3 is 9.88 Å². The van der Waals surface area contributed by atoms with E-state index in [9.17, 15) is 4.79 Å². The molecule has 0 aliphatic carbocycles. The first-order valence-corrected chi connectivity index (χ1v) is 7.80. The topological polar surface area (TPSA) is 79.7 Å². The number of para-hydroxylation sites is 1. The minimum absolute atomic E-state index is 0.146. The van der Waals surface area contributed by atoms with Gasteiger partial charge in [0, 0.05) is 48.1 Å². The van der Waals surface area contributed by atoms with Gasteiger partial charge in [-0.15, -0.1) is 5.10 Å². The Labute approximate surface area is 133 Å². The first-order chi connectivity index (χ1) is 11.2. The molecule has 3 heterocycles. The zero-order valence-electron chi connectivity index (χ0n) is 13.0. The molecule has 7 heteroatoms. The van der Waals surface area contributed by atoms with Crippen LogP contribution in [0.15, 0.2) is 24.5 Å². The third kappa shape index (κ3) is 2.48. The van der Waals surface area contributed by atoms with Gasteiger partial charge in [0.2, 0.25) is 5.91 Å². The fourth-order valence-corrected chi connectivity index (χ4v) is 3.25. The van der Waals surface area contributed by atoms with E-state index >= 15 is 0 Å². The number of hydrogen-bond acceptors (Lipinski definition) is 4. The van der Waals surface area contributed by atoms with Crippen molar-refractivity contribution in [2.24, 2.45) is 0 Å². The number of aromatic nitrogens is 5. The molecule has 3 aromatic rings. The smallest absolute Gasteiger partial charge is 0.224 e. The molecule has 1 amide bonds. The molecular weight excluding hydrogens is 292 g/mol. The molecule has 0 fully saturated rings. The van der Waals surface area contributed by atoms with Gasteiger partial charge in [-0.3, -0.25) is 4.79 Å². The average Bonchev–Trinajstić information content (AvgIpc) is 3.20. The highest BCUT2D eigenvalue weighted by atomic mass is 16.2. The third-order valence-electron chi connectivity index (χ3n) is 4.52. The molecule has 1 aromatic carbocycles. The molecule has 0 unspecified atom stereocenters. The van der Waals surface area contributed by atoms with E-state index < -0.39 is 0 Å². The average molecular weight is 310 g/mol. The maximum absolute atomic E-state index is 12.5. The number of H-pyrrole nitrogens is 1. The van der Waals surface area contributed by atoms with Gasteiger partial charge in [0.15, 0.2) is 0 Å². The van der Waals surface area contributed by atoms with Crippen LogP contribution in [-0.4, -0.2) is 42.5 Å². The molecule has 0 bridgehead atoms. The summed E-state index contributed by atoms with van der Waals surface area (Å²) in [5.41, 5.74) is 4.96. The molecule has 1 aliphatic rings. The maximum Gasteiger partial charge on any atom is 0.224 e. The van der Waals surface area contributed by atoms with Crippen molar-refractivity contribution in [3.63, 3.8) is 0 Å². The van der Waals surface area contributed by atoms with Gasteiger partial charge in [-0.2, -0.15) is 0 Å². The number of fused-ring (bicyclic) bond motifs is 3. The van der Waals surface area contributed by atoms with Crippen LogP contribution in [-0.2, 0) is 24.3 Å². The minimum Gasteiger partial charge on any atom is -0.358 e. The Morgan fingerprint density at radius 1 is 1.39 bits per heavy atom. The number of hydrogen-bond donors (Lipinski definition) is 1. The molecule has 2 aromatic heterocycles. The van der Waals surface area contributed by atoms with Crippen molar-refractivity contribution < 1.29 is 4.79 Å². The van der Waals surface area contributed by atoms with Gasteiger partial charge >= 0.3 is 0 Å². The van der Waals surface area contributed by atoms with Gasteiger partial charge in [-0.05, 0) is 22.9 Å². The van der Waals surface area contributed by atoms with Crippen LogP contribution < -0.4 is 0 Å². The van der Waals surface area contributed by atoms with Crippen LogP contribution in [0.5, 0.6) is 0 Å². The number of tetrazole rings is 1. The molecule has 1 N–H and O–H groups in total. The lowest BCUT2D eigenvalue weighted by Crippen LogP contribution is -2.36. The highest BCUT2D eigenvalue weighted by Crippen LogP contribution is 2.29. The molecule has 0 atom stereocenters. The zero-order valence-corrected chi connectivity index (χ0v) is 13.0. The van der Waals surface area contributed by atoms with Gasteiger partial charge in [0.05, 0.1) is 6.54 Å². The number of nitrogens with one attached hydrogen (secondary N) is 1. The number of rotatable bonds is 3. The van der Waals surface area contributed by atoms with Gasteiger partial charge in [0.1, 0.15) is 6.33 Å². The van der Waals surface area contributed by atoms with E-state index in [2.05, 4.69) is 45.6 Å². The van der Waals surface area contributed by atoms with Gasteiger partial charge in [0.25, 0.3) is 0 Å². The second-order valence-electron chi connectivity index (χ2n) is 5.97. The standard InChI is InChI=1S/C16H18N6O/c1-11-3-2-4-12-13-9-21(7-5-14(13)18-16(11)12)15(23)6-8-22-10-17-19-20-22/h2-4,10,18H,5-9H2,1H3. The SMILES string of the molecule is Cc1cccc2c3c([nH]c12)CCN(C(=O)CCn1cnnn1)C3. The van der Waals surface area contributed by atoms with E-state index in [4.69, 9.17) is 0 Å². The van der Waals surface area contributed by atoms with Crippen molar-refractivity contribution in [1.29, 1.82) is 0 Å². The van der Waals surface area contributed by atoms with Crippen LogP contribution in [0.1, 0.15) is 23.2 Å². The Balaban J connectivity index is 1.52.